The Bertz CT molecular complexity index is 580. The number of anilines is 1. The second-order valence-electron chi connectivity index (χ2n) is 6.18. The minimum absolute atomic E-state index is 0.344. The number of hydrogen-bond acceptors (Lipinski definition) is 3. The highest BCUT2D eigenvalue weighted by atomic mass is 15.3. The first-order valence-electron chi connectivity index (χ1n) is 7.81. The lowest BCUT2D eigenvalue weighted by atomic mass is 9.97. The van der Waals surface area contributed by atoms with E-state index in [9.17, 15) is 0 Å². The zero-order chi connectivity index (χ0) is 14.8. The fourth-order valence-corrected chi connectivity index (χ4v) is 3.07. The first-order chi connectivity index (χ1) is 10.2. The van der Waals surface area contributed by atoms with E-state index in [1.165, 1.54) is 11.1 Å². The SMILES string of the molecule is CC(C)c1c(N2CCC(N)CC2)n[nH]c1-c1ccccc1. The summed E-state index contributed by atoms with van der Waals surface area (Å²) in [4.78, 5) is 2.38. The normalized spacial score (nSPS) is 16.7. The van der Waals surface area contributed by atoms with Crippen LogP contribution in [0.2, 0.25) is 0 Å². The van der Waals surface area contributed by atoms with Crippen LogP contribution in [-0.4, -0.2) is 29.3 Å². The Hall–Kier alpha value is -1.81. The van der Waals surface area contributed by atoms with E-state index in [4.69, 9.17) is 5.73 Å². The van der Waals surface area contributed by atoms with Crippen LogP contribution in [0.25, 0.3) is 11.3 Å². The molecule has 1 aliphatic rings. The van der Waals surface area contributed by atoms with Crippen LogP contribution in [0.15, 0.2) is 30.3 Å². The van der Waals surface area contributed by atoms with Crippen LogP contribution in [0.3, 0.4) is 0 Å². The molecule has 0 spiro atoms. The van der Waals surface area contributed by atoms with Crippen LogP contribution in [0.5, 0.6) is 0 Å². The molecule has 0 bridgehead atoms. The maximum absolute atomic E-state index is 6.01. The number of hydrogen-bond donors (Lipinski definition) is 2. The summed E-state index contributed by atoms with van der Waals surface area (Å²) >= 11 is 0. The fourth-order valence-electron chi connectivity index (χ4n) is 3.07. The maximum atomic E-state index is 6.01. The predicted octanol–water partition coefficient (Wildman–Crippen LogP) is 3.13. The van der Waals surface area contributed by atoms with Crippen molar-refractivity contribution in [2.45, 2.75) is 38.6 Å². The van der Waals surface area contributed by atoms with E-state index in [0.717, 1.165) is 37.4 Å². The van der Waals surface area contributed by atoms with Crippen molar-refractivity contribution in [3.8, 4) is 11.3 Å². The van der Waals surface area contributed by atoms with E-state index in [2.05, 4.69) is 53.2 Å². The van der Waals surface area contributed by atoms with Crippen LogP contribution in [0, 0.1) is 0 Å². The van der Waals surface area contributed by atoms with Gasteiger partial charge >= 0.3 is 0 Å². The molecule has 3 N–H and O–H groups in total. The van der Waals surface area contributed by atoms with Gasteiger partial charge in [0, 0.05) is 24.7 Å². The van der Waals surface area contributed by atoms with E-state index in [0.29, 0.717) is 12.0 Å². The third-order valence-corrected chi connectivity index (χ3v) is 4.26. The summed E-state index contributed by atoms with van der Waals surface area (Å²) in [6.45, 7) is 6.47. The van der Waals surface area contributed by atoms with Gasteiger partial charge in [-0.3, -0.25) is 5.10 Å². The summed E-state index contributed by atoms with van der Waals surface area (Å²) < 4.78 is 0. The Kier molecular flexibility index (Phi) is 3.97. The van der Waals surface area contributed by atoms with Gasteiger partial charge in [-0.1, -0.05) is 44.2 Å². The largest absolute Gasteiger partial charge is 0.355 e. The van der Waals surface area contributed by atoms with Gasteiger partial charge in [0.1, 0.15) is 0 Å². The van der Waals surface area contributed by atoms with Crippen molar-refractivity contribution in [2.75, 3.05) is 18.0 Å². The minimum Gasteiger partial charge on any atom is -0.355 e. The van der Waals surface area contributed by atoms with Crippen LogP contribution in [0.4, 0.5) is 5.82 Å². The van der Waals surface area contributed by atoms with Crippen LogP contribution in [-0.2, 0) is 0 Å². The number of nitrogens with two attached hydrogens (primary N) is 1. The molecule has 2 heterocycles. The van der Waals surface area contributed by atoms with Crippen molar-refractivity contribution >= 4 is 5.82 Å². The standard InChI is InChI=1S/C17H24N4/c1-12(2)15-16(13-6-4-3-5-7-13)19-20-17(15)21-10-8-14(18)9-11-21/h3-7,12,14H,8-11,18H2,1-2H3,(H,19,20). The summed E-state index contributed by atoms with van der Waals surface area (Å²) in [6.07, 6.45) is 2.09. The minimum atomic E-state index is 0.344. The zero-order valence-electron chi connectivity index (χ0n) is 12.8. The average molecular weight is 284 g/mol. The van der Waals surface area contributed by atoms with Crippen molar-refractivity contribution in [1.82, 2.24) is 10.2 Å². The molecule has 1 aromatic carbocycles. The first-order valence-corrected chi connectivity index (χ1v) is 7.81. The number of nitrogens with zero attached hydrogens (tertiary/aromatic N) is 2. The molecule has 3 rings (SSSR count). The molecule has 0 amide bonds. The molecule has 0 radical (unpaired) electrons. The topological polar surface area (TPSA) is 57.9 Å². The van der Waals surface area contributed by atoms with Gasteiger partial charge in [0.2, 0.25) is 0 Å². The van der Waals surface area contributed by atoms with Crippen LogP contribution in [0.1, 0.15) is 38.2 Å². The highest BCUT2D eigenvalue weighted by molar-refractivity contribution is 5.70. The van der Waals surface area contributed by atoms with Gasteiger partial charge in [0.05, 0.1) is 5.69 Å². The van der Waals surface area contributed by atoms with Gasteiger partial charge < -0.3 is 10.6 Å². The molecule has 4 heteroatoms. The zero-order valence-corrected chi connectivity index (χ0v) is 12.8. The number of rotatable bonds is 3. The highest BCUT2D eigenvalue weighted by Crippen LogP contribution is 2.35. The van der Waals surface area contributed by atoms with E-state index < -0.39 is 0 Å². The monoisotopic (exact) mass is 284 g/mol. The lowest BCUT2D eigenvalue weighted by molar-refractivity contribution is 0.497. The summed E-state index contributed by atoms with van der Waals surface area (Å²) in [5.74, 6) is 1.54. The van der Waals surface area contributed by atoms with Gasteiger partial charge in [0.25, 0.3) is 0 Å². The summed E-state index contributed by atoms with van der Waals surface area (Å²) in [6, 6.07) is 10.8. The van der Waals surface area contributed by atoms with Crippen molar-refractivity contribution < 1.29 is 0 Å². The predicted molar refractivity (Wildman–Crippen MR) is 87.5 cm³/mol. The number of aromatic amines is 1. The van der Waals surface area contributed by atoms with Crippen molar-refractivity contribution in [3.05, 3.63) is 35.9 Å². The molecule has 1 aliphatic heterocycles. The Morgan fingerprint density at radius 2 is 1.86 bits per heavy atom. The molecule has 0 atom stereocenters. The fraction of sp³-hybridized carbons (Fsp3) is 0.471. The second kappa shape index (κ2) is 5.90. The number of aromatic nitrogens is 2. The molecular weight excluding hydrogens is 260 g/mol. The molecule has 21 heavy (non-hydrogen) atoms. The van der Waals surface area contributed by atoms with Gasteiger partial charge in [-0.05, 0) is 24.3 Å². The van der Waals surface area contributed by atoms with Crippen molar-refractivity contribution in [1.29, 1.82) is 0 Å². The quantitative estimate of drug-likeness (QED) is 0.910. The second-order valence-corrected chi connectivity index (χ2v) is 6.18. The molecule has 112 valence electrons. The lowest BCUT2D eigenvalue weighted by Gasteiger charge is -2.31. The third kappa shape index (κ3) is 2.81. The molecule has 2 aromatic rings. The lowest BCUT2D eigenvalue weighted by Crippen LogP contribution is -2.40. The summed E-state index contributed by atoms with van der Waals surface area (Å²) in [5.41, 5.74) is 9.68. The molecule has 1 saturated heterocycles. The Labute approximate surface area is 126 Å². The molecule has 1 aromatic heterocycles. The molecule has 4 nitrogen and oxygen atoms in total. The van der Waals surface area contributed by atoms with Crippen LogP contribution < -0.4 is 10.6 Å². The molecular formula is C17H24N4. The molecule has 0 aliphatic carbocycles. The molecule has 1 fully saturated rings. The number of benzene rings is 1. The highest BCUT2D eigenvalue weighted by Gasteiger charge is 2.24. The van der Waals surface area contributed by atoms with Gasteiger partial charge in [0.15, 0.2) is 5.82 Å². The first kappa shape index (κ1) is 14.1. The number of piperidine rings is 1. The average Bonchev–Trinajstić information content (AvgIpc) is 2.94. The summed E-state index contributed by atoms with van der Waals surface area (Å²) in [5, 5.41) is 7.88. The molecule has 0 unspecified atom stereocenters. The summed E-state index contributed by atoms with van der Waals surface area (Å²) in [7, 11) is 0. The van der Waals surface area contributed by atoms with Gasteiger partial charge in [-0.25, -0.2) is 0 Å². The van der Waals surface area contributed by atoms with E-state index in [-0.39, 0.29) is 0 Å². The van der Waals surface area contributed by atoms with E-state index >= 15 is 0 Å². The van der Waals surface area contributed by atoms with Gasteiger partial charge in [-0.15, -0.1) is 0 Å². The van der Waals surface area contributed by atoms with E-state index in [1.54, 1.807) is 0 Å². The number of H-pyrrole nitrogens is 1. The van der Waals surface area contributed by atoms with Gasteiger partial charge in [-0.2, -0.15) is 5.10 Å². The Morgan fingerprint density at radius 3 is 2.48 bits per heavy atom. The third-order valence-electron chi connectivity index (χ3n) is 4.26. The Morgan fingerprint density at radius 1 is 1.19 bits per heavy atom. The van der Waals surface area contributed by atoms with Crippen LogP contribution >= 0.6 is 0 Å². The van der Waals surface area contributed by atoms with Crippen molar-refractivity contribution in [3.63, 3.8) is 0 Å². The number of nitrogens with one attached hydrogen (secondary N) is 1. The van der Waals surface area contributed by atoms with E-state index in [1.807, 2.05) is 6.07 Å². The van der Waals surface area contributed by atoms with Crippen molar-refractivity contribution in [2.24, 2.45) is 5.73 Å². The smallest absolute Gasteiger partial charge is 0.154 e. The maximum Gasteiger partial charge on any atom is 0.154 e. The Balaban J connectivity index is 1.97. The molecule has 0 saturated carbocycles.